The van der Waals surface area contributed by atoms with Gasteiger partial charge in [0.05, 0.1) is 36.9 Å². The van der Waals surface area contributed by atoms with Gasteiger partial charge in [-0.05, 0) is 31.2 Å². The zero-order chi connectivity index (χ0) is 21.8. The third-order valence-corrected chi connectivity index (χ3v) is 4.83. The van der Waals surface area contributed by atoms with Crippen molar-refractivity contribution in [2.75, 3.05) is 26.8 Å². The van der Waals surface area contributed by atoms with Crippen molar-refractivity contribution in [1.29, 1.82) is 0 Å². The van der Waals surface area contributed by atoms with Crippen LogP contribution in [-0.4, -0.2) is 40.4 Å². The van der Waals surface area contributed by atoms with Crippen LogP contribution in [-0.2, 0) is 10.0 Å². The lowest BCUT2D eigenvalue weighted by molar-refractivity contribution is -0.384. The Balaban J connectivity index is 2.43. The Morgan fingerprint density at radius 3 is 2.14 bits per heavy atom. The third-order valence-electron chi connectivity index (χ3n) is 3.92. The van der Waals surface area contributed by atoms with Gasteiger partial charge in [0.2, 0.25) is 15.8 Å². The minimum absolute atomic E-state index is 0.00538. The Labute approximate surface area is 167 Å². The molecule has 0 amide bonds. The summed E-state index contributed by atoms with van der Waals surface area (Å²) in [5, 5.41) is 20.4. The maximum absolute atomic E-state index is 11.4. The molecule has 0 saturated carbocycles. The normalized spacial score (nSPS) is 11.7. The molecule has 2 aromatic rings. The summed E-state index contributed by atoms with van der Waals surface area (Å²) < 4.78 is 38.7. The molecule has 0 unspecified atom stereocenters. The van der Waals surface area contributed by atoms with Gasteiger partial charge >= 0.3 is 0 Å². The van der Waals surface area contributed by atoms with E-state index in [9.17, 15) is 18.5 Å². The minimum Gasteiger partial charge on any atom is -0.493 e. The fourth-order valence-corrected chi connectivity index (χ4v) is 2.97. The summed E-state index contributed by atoms with van der Waals surface area (Å²) in [6.45, 7) is 1.66. The molecule has 156 valence electrons. The first-order chi connectivity index (χ1) is 13.6. The number of hydrogen-bond donors (Lipinski definition) is 2. The molecule has 2 rings (SSSR count). The summed E-state index contributed by atoms with van der Waals surface area (Å²) in [4.78, 5) is 10.2. The quantitative estimate of drug-likeness (QED) is 0.371. The molecule has 0 spiro atoms. The van der Waals surface area contributed by atoms with Gasteiger partial charge in [-0.15, -0.1) is 0 Å². The van der Waals surface area contributed by atoms with Gasteiger partial charge < -0.3 is 14.2 Å². The Bertz CT molecular complexity index is 1040. The molecule has 0 aliphatic heterocycles. The largest absolute Gasteiger partial charge is 0.493 e. The summed E-state index contributed by atoms with van der Waals surface area (Å²) in [6.07, 6.45) is 0. The Morgan fingerprint density at radius 2 is 1.69 bits per heavy atom. The van der Waals surface area contributed by atoms with E-state index in [1.165, 1.54) is 27.4 Å². The molecule has 0 fully saturated rings. The highest BCUT2D eigenvalue weighted by Gasteiger charge is 2.19. The number of hydrazone groups is 1. The molecule has 0 atom stereocenters. The van der Waals surface area contributed by atoms with E-state index >= 15 is 0 Å². The minimum atomic E-state index is -4.08. The molecule has 29 heavy (non-hydrogen) atoms. The van der Waals surface area contributed by atoms with Crippen LogP contribution >= 0.6 is 0 Å². The van der Waals surface area contributed by atoms with Gasteiger partial charge in [-0.1, -0.05) is 0 Å². The number of methoxy groups -OCH3 is 3. The zero-order valence-corrected chi connectivity index (χ0v) is 16.9. The number of benzene rings is 2. The lowest BCUT2D eigenvalue weighted by Gasteiger charge is -2.14. The average molecular weight is 424 g/mol. The number of hydrogen-bond acceptors (Lipinski definition) is 9. The van der Waals surface area contributed by atoms with Crippen molar-refractivity contribution in [3.05, 3.63) is 46.0 Å². The van der Waals surface area contributed by atoms with Crippen LogP contribution in [0.1, 0.15) is 12.5 Å². The van der Waals surface area contributed by atoms with E-state index in [0.717, 1.165) is 12.1 Å². The number of nitro benzene ring substituents is 1. The predicted molar refractivity (Wildman–Crippen MR) is 106 cm³/mol. The molecule has 0 bridgehead atoms. The number of rotatable bonds is 8. The van der Waals surface area contributed by atoms with Crippen LogP contribution in [0.15, 0.2) is 40.3 Å². The summed E-state index contributed by atoms with van der Waals surface area (Å²) in [5.41, 5.74) is 3.14. The monoisotopic (exact) mass is 424 g/mol. The molecular formula is C17H20N4O7S. The molecule has 0 aliphatic carbocycles. The van der Waals surface area contributed by atoms with Crippen molar-refractivity contribution in [2.24, 2.45) is 10.2 Å². The smallest absolute Gasteiger partial charge is 0.295 e. The molecule has 0 saturated heterocycles. The van der Waals surface area contributed by atoms with E-state index in [1.807, 2.05) is 0 Å². The van der Waals surface area contributed by atoms with Crippen molar-refractivity contribution in [3.63, 3.8) is 0 Å². The van der Waals surface area contributed by atoms with Crippen LogP contribution in [0.5, 0.6) is 17.2 Å². The second kappa shape index (κ2) is 8.75. The number of nitrogens with two attached hydrogens (primary N) is 1. The van der Waals surface area contributed by atoms with E-state index in [2.05, 4.69) is 10.5 Å². The van der Waals surface area contributed by atoms with Gasteiger partial charge in [0.15, 0.2) is 11.5 Å². The van der Waals surface area contributed by atoms with Crippen molar-refractivity contribution < 1.29 is 27.6 Å². The summed E-state index contributed by atoms with van der Waals surface area (Å²) in [6, 6.07) is 6.56. The average Bonchev–Trinajstić information content (AvgIpc) is 2.69. The van der Waals surface area contributed by atoms with Crippen molar-refractivity contribution in [1.82, 2.24) is 0 Å². The number of nitrogens with one attached hydrogen (secondary N) is 1. The Morgan fingerprint density at radius 1 is 1.10 bits per heavy atom. The van der Waals surface area contributed by atoms with Gasteiger partial charge in [-0.3, -0.25) is 15.5 Å². The first-order valence-corrected chi connectivity index (χ1v) is 9.59. The second-order valence-electron chi connectivity index (χ2n) is 5.70. The number of anilines is 1. The molecule has 3 N–H and O–H groups in total. The van der Waals surface area contributed by atoms with Crippen molar-refractivity contribution in [3.8, 4) is 17.2 Å². The maximum atomic E-state index is 11.4. The summed E-state index contributed by atoms with van der Waals surface area (Å²) >= 11 is 0. The van der Waals surface area contributed by atoms with Crippen LogP contribution in [0.3, 0.4) is 0 Å². The lowest BCUT2D eigenvalue weighted by atomic mass is 10.1. The second-order valence-corrected chi connectivity index (χ2v) is 7.27. The van der Waals surface area contributed by atoms with Gasteiger partial charge in [0.1, 0.15) is 5.69 Å². The zero-order valence-electron chi connectivity index (χ0n) is 16.1. The number of primary sulfonamides is 1. The summed E-state index contributed by atoms with van der Waals surface area (Å²) in [5.74, 6) is 1.24. The molecule has 0 radical (unpaired) electrons. The van der Waals surface area contributed by atoms with Crippen LogP contribution < -0.4 is 24.8 Å². The number of ether oxygens (including phenoxy) is 3. The first-order valence-electron chi connectivity index (χ1n) is 8.04. The predicted octanol–water partition coefficient (Wildman–Crippen LogP) is 2.10. The van der Waals surface area contributed by atoms with E-state index < -0.39 is 20.6 Å². The van der Waals surface area contributed by atoms with Crippen LogP contribution in [0.4, 0.5) is 11.4 Å². The standard InChI is InChI=1S/C17H20N4O7S/c1-10(11-7-15(26-2)17(28-4)16(8-11)27-3)19-20-13-6-5-12(29(18,24)25)9-14(13)21(22)23/h5-9,20H,1-4H3,(H2,18,24,25). The van der Waals surface area contributed by atoms with Gasteiger partial charge in [-0.2, -0.15) is 5.10 Å². The fraction of sp³-hybridized carbons (Fsp3) is 0.235. The van der Waals surface area contributed by atoms with Crippen molar-refractivity contribution in [2.45, 2.75) is 11.8 Å². The van der Waals surface area contributed by atoms with E-state index in [4.69, 9.17) is 19.3 Å². The maximum Gasteiger partial charge on any atom is 0.295 e. The molecule has 0 heterocycles. The highest BCUT2D eigenvalue weighted by Crippen LogP contribution is 2.38. The van der Waals surface area contributed by atoms with Gasteiger partial charge in [-0.25, -0.2) is 13.6 Å². The molecule has 12 heteroatoms. The van der Waals surface area contributed by atoms with Gasteiger partial charge in [0.25, 0.3) is 5.69 Å². The Hall–Kier alpha value is -3.38. The van der Waals surface area contributed by atoms with E-state index in [1.54, 1.807) is 19.1 Å². The van der Waals surface area contributed by atoms with Crippen LogP contribution in [0.25, 0.3) is 0 Å². The molecule has 11 nitrogen and oxygen atoms in total. The highest BCUT2D eigenvalue weighted by molar-refractivity contribution is 7.89. The van der Waals surface area contributed by atoms with Crippen LogP contribution in [0.2, 0.25) is 0 Å². The topological polar surface area (TPSA) is 155 Å². The van der Waals surface area contributed by atoms with Gasteiger partial charge in [0, 0.05) is 11.6 Å². The lowest BCUT2D eigenvalue weighted by Crippen LogP contribution is -2.12. The number of nitro groups is 1. The third kappa shape index (κ3) is 4.92. The molecule has 0 aromatic heterocycles. The Kier molecular flexibility index (Phi) is 6.61. The summed E-state index contributed by atoms with van der Waals surface area (Å²) in [7, 11) is 0.348. The number of nitrogens with zero attached hydrogens (tertiary/aromatic N) is 2. The first kappa shape index (κ1) is 21.9. The SMILES string of the molecule is COc1cc(C(C)=NNc2ccc(S(N)(=O)=O)cc2[N+](=O)[O-])cc(OC)c1OC. The van der Waals surface area contributed by atoms with Crippen molar-refractivity contribution >= 4 is 27.1 Å². The van der Waals surface area contributed by atoms with E-state index in [-0.39, 0.29) is 10.6 Å². The number of sulfonamides is 1. The van der Waals surface area contributed by atoms with Crippen LogP contribution in [0, 0.1) is 10.1 Å². The molecule has 0 aliphatic rings. The molecular weight excluding hydrogens is 404 g/mol. The molecule has 2 aromatic carbocycles. The highest BCUT2D eigenvalue weighted by atomic mass is 32.2. The van der Waals surface area contributed by atoms with E-state index in [0.29, 0.717) is 28.5 Å². The fourth-order valence-electron chi connectivity index (χ4n) is 2.43.